The summed E-state index contributed by atoms with van der Waals surface area (Å²) in [6.07, 6.45) is 0. The lowest BCUT2D eigenvalue weighted by atomic mass is 10.1. The van der Waals surface area contributed by atoms with E-state index < -0.39 is 5.75 Å². The molecule has 0 aliphatic carbocycles. The number of hydrogen-bond acceptors (Lipinski definition) is 6. The normalized spacial score (nSPS) is 12.6. The summed E-state index contributed by atoms with van der Waals surface area (Å²) < 4.78 is 5.11. The van der Waals surface area contributed by atoms with Gasteiger partial charge in [0.25, 0.3) is 0 Å². The molecule has 0 saturated heterocycles. The Morgan fingerprint density at radius 3 is 2.50 bits per heavy atom. The first-order valence-electron chi connectivity index (χ1n) is 6.30. The van der Waals surface area contributed by atoms with Crippen LogP contribution in [0.2, 0.25) is 0 Å². The molecule has 6 nitrogen and oxygen atoms in total. The van der Waals surface area contributed by atoms with Crippen molar-refractivity contribution in [2.75, 3.05) is 0 Å². The Labute approximate surface area is 116 Å². The maximum Gasteiger partial charge on any atom is 0.200 e. The van der Waals surface area contributed by atoms with Gasteiger partial charge in [0.05, 0.1) is 5.69 Å². The van der Waals surface area contributed by atoms with E-state index in [4.69, 9.17) is 4.52 Å². The van der Waals surface area contributed by atoms with Crippen LogP contribution >= 0.6 is 0 Å². The molecule has 1 aromatic heterocycles. The molecule has 0 spiro atoms. The zero-order valence-corrected chi connectivity index (χ0v) is 11.6. The van der Waals surface area contributed by atoms with Gasteiger partial charge in [-0.15, -0.1) is 0 Å². The third-order valence-electron chi connectivity index (χ3n) is 3.33. The number of rotatable bonds is 4. The molecule has 0 saturated carbocycles. The van der Waals surface area contributed by atoms with Gasteiger partial charge in [-0.25, -0.2) is 0 Å². The smallest absolute Gasteiger partial charge is 0.200 e. The molecule has 108 valence electrons. The molecule has 6 heteroatoms. The highest BCUT2D eigenvalue weighted by Gasteiger charge is 2.17. The van der Waals surface area contributed by atoms with Crippen LogP contribution in [0.5, 0.6) is 17.2 Å². The largest absolute Gasteiger partial charge is 0.504 e. The molecular formula is C14H18N2O4. The minimum atomic E-state index is -0.505. The number of hydrogen-bond donors (Lipinski definition) is 4. The van der Waals surface area contributed by atoms with Gasteiger partial charge in [0, 0.05) is 23.7 Å². The van der Waals surface area contributed by atoms with Crippen LogP contribution < -0.4 is 5.32 Å². The lowest BCUT2D eigenvalue weighted by Gasteiger charge is -2.15. The minimum Gasteiger partial charge on any atom is -0.504 e. The number of aryl methyl sites for hydroxylation is 2. The first-order valence-corrected chi connectivity index (χ1v) is 6.30. The number of phenols is 3. The van der Waals surface area contributed by atoms with Gasteiger partial charge in [-0.2, -0.15) is 0 Å². The van der Waals surface area contributed by atoms with E-state index in [2.05, 4.69) is 10.5 Å². The first kappa shape index (κ1) is 14.2. The molecule has 0 amide bonds. The number of nitrogens with one attached hydrogen (secondary N) is 1. The van der Waals surface area contributed by atoms with E-state index in [0.29, 0.717) is 12.1 Å². The molecule has 2 aromatic rings. The number of aromatic hydroxyl groups is 3. The van der Waals surface area contributed by atoms with E-state index in [9.17, 15) is 15.3 Å². The van der Waals surface area contributed by atoms with E-state index in [1.54, 1.807) is 6.07 Å². The van der Waals surface area contributed by atoms with E-state index in [-0.39, 0.29) is 17.5 Å². The zero-order chi connectivity index (χ0) is 14.9. The summed E-state index contributed by atoms with van der Waals surface area (Å²) in [7, 11) is 0. The van der Waals surface area contributed by atoms with Gasteiger partial charge in [0.15, 0.2) is 11.5 Å². The first-order chi connectivity index (χ1) is 9.41. The van der Waals surface area contributed by atoms with Crippen LogP contribution in [-0.4, -0.2) is 20.5 Å². The van der Waals surface area contributed by atoms with Crippen LogP contribution in [0.4, 0.5) is 0 Å². The fourth-order valence-electron chi connectivity index (χ4n) is 2.23. The SMILES string of the molecule is Cc1noc(C)c1C(C)NCc1ccc(O)c(O)c1O. The van der Waals surface area contributed by atoms with Gasteiger partial charge >= 0.3 is 0 Å². The van der Waals surface area contributed by atoms with Gasteiger partial charge < -0.3 is 25.2 Å². The molecule has 4 N–H and O–H groups in total. The number of phenolic OH excluding ortho intramolecular Hbond substituents is 3. The summed E-state index contributed by atoms with van der Waals surface area (Å²) in [4.78, 5) is 0. The third kappa shape index (κ3) is 2.55. The van der Waals surface area contributed by atoms with E-state index >= 15 is 0 Å². The van der Waals surface area contributed by atoms with Crippen molar-refractivity contribution < 1.29 is 19.8 Å². The fraction of sp³-hybridized carbons (Fsp3) is 0.357. The molecular weight excluding hydrogens is 260 g/mol. The van der Waals surface area contributed by atoms with Gasteiger partial charge in [0.1, 0.15) is 5.76 Å². The Bertz CT molecular complexity index is 602. The molecule has 0 aliphatic heterocycles. The number of benzene rings is 1. The molecule has 0 aliphatic rings. The molecule has 1 atom stereocenters. The van der Waals surface area contributed by atoms with Gasteiger partial charge in [-0.05, 0) is 26.8 Å². The van der Waals surface area contributed by atoms with Crippen LogP contribution in [0.15, 0.2) is 16.7 Å². The number of aromatic nitrogens is 1. The van der Waals surface area contributed by atoms with Gasteiger partial charge in [-0.3, -0.25) is 0 Å². The molecule has 1 aromatic carbocycles. The van der Waals surface area contributed by atoms with E-state index in [1.807, 2.05) is 20.8 Å². The lowest BCUT2D eigenvalue weighted by molar-refractivity contribution is 0.363. The second-order valence-electron chi connectivity index (χ2n) is 4.78. The van der Waals surface area contributed by atoms with Crippen LogP contribution in [0.3, 0.4) is 0 Å². The standard InChI is InChI=1S/C14H18N2O4/c1-7(12-8(2)16-20-9(12)3)15-6-10-4-5-11(17)14(19)13(10)18/h4-5,7,15,17-19H,6H2,1-3H3. The molecule has 0 radical (unpaired) electrons. The Morgan fingerprint density at radius 1 is 1.20 bits per heavy atom. The van der Waals surface area contributed by atoms with Crippen LogP contribution in [0.1, 0.15) is 35.5 Å². The third-order valence-corrected chi connectivity index (χ3v) is 3.33. The molecule has 2 rings (SSSR count). The van der Waals surface area contributed by atoms with Crippen molar-refractivity contribution in [3.8, 4) is 17.2 Å². The monoisotopic (exact) mass is 278 g/mol. The van der Waals surface area contributed by atoms with Crippen molar-refractivity contribution in [3.05, 3.63) is 34.7 Å². The van der Waals surface area contributed by atoms with Crippen LogP contribution in [-0.2, 0) is 6.54 Å². The summed E-state index contributed by atoms with van der Waals surface area (Å²) in [5.41, 5.74) is 2.30. The second-order valence-corrected chi connectivity index (χ2v) is 4.78. The van der Waals surface area contributed by atoms with Crippen molar-refractivity contribution in [1.29, 1.82) is 0 Å². The summed E-state index contributed by atoms with van der Waals surface area (Å²) in [6.45, 7) is 6.01. The predicted molar refractivity (Wildman–Crippen MR) is 72.7 cm³/mol. The van der Waals surface area contributed by atoms with Crippen molar-refractivity contribution in [2.24, 2.45) is 0 Å². The van der Waals surface area contributed by atoms with Crippen molar-refractivity contribution in [2.45, 2.75) is 33.4 Å². The Kier molecular flexibility index (Phi) is 3.85. The number of nitrogens with zero attached hydrogens (tertiary/aromatic N) is 1. The summed E-state index contributed by atoms with van der Waals surface area (Å²) in [5, 5.41) is 35.6. The van der Waals surface area contributed by atoms with E-state index in [0.717, 1.165) is 17.0 Å². The van der Waals surface area contributed by atoms with Crippen LogP contribution in [0.25, 0.3) is 0 Å². The maximum atomic E-state index is 9.75. The Balaban J connectivity index is 2.12. The quantitative estimate of drug-likeness (QED) is 0.640. The van der Waals surface area contributed by atoms with E-state index in [1.165, 1.54) is 6.07 Å². The summed E-state index contributed by atoms with van der Waals surface area (Å²) >= 11 is 0. The Hall–Kier alpha value is -2.21. The van der Waals surface area contributed by atoms with Gasteiger partial charge in [0.2, 0.25) is 5.75 Å². The predicted octanol–water partition coefficient (Wildman–Crippen LogP) is 2.26. The molecule has 1 unspecified atom stereocenters. The second kappa shape index (κ2) is 5.42. The maximum absolute atomic E-state index is 9.75. The molecule has 0 bridgehead atoms. The van der Waals surface area contributed by atoms with Crippen molar-refractivity contribution >= 4 is 0 Å². The highest BCUT2D eigenvalue weighted by molar-refractivity contribution is 5.53. The Morgan fingerprint density at radius 2 is 1.90 bits per heavy atom. The molecule has 1 heterocycles. The molecule has 0 fully saturated rings. The van der Waals surface area contributed by atoms with Crippen LogP contribution in [0, 0.1) is 13.8 Å². The van der Waals surface area contributed by atoms with Crippen molar-refractivity contribution in [3.63, 3.8) is 0 Å². The highest BCUT2D eigenvalue weighted by atomic mass is 16.5. The summed E-state index contributed by atoms with van der Waals surface area (Å²) in [6, 6.07) is 2.88. The topological polar surface area (TPSA) is 98.8 Å². The highest BCUT2D eigenvalue weighted by Crippen LogP contribution is 2.37. The van der Waals surface area contributed by atoms with Crippen molar-refractivity contribution in [1.82, 2.24) is 10.5 Å². The van der Waals surface area contributed by atoms with Gasteiger partial charge in [-0.1, -0.05) is 11.2 Å². The average molecular weight is 278 g/mol. The zero-order valence-electron chi connectivity index (χ0n) is 11.6. The fourth-order valence-corrected chi connectivity index (χ4v) is 2.23. The average Bonchev–Trinajstić information content (AvgIpc) is 2.74. The lowest BCUT2D eigenvalue weighted by Crippen LogP contribution is -2.19. The minimum absolute atomic E-state index is 0.0170. The summed E-state index contributed by atoms with van der Waals surface area (Å²) in [5.74, 6) is -0.414. The molecule has 20 heavy (non-hydrogen) atoms.